The van der Waals surface area contributed by atoms with Crippen LogP contribution in [0.2, 0.25) is 0 Å². The van der Waals surface area contributed by atoms with E-state index in [2.05, 4.69) is 31.0 Å². The number of amides is 2. The SMILES string of the molecule is CCC(C)(C)C1CCC(NC(=O)CN2CCC(C(N)=O)CC2)CC1. The van der Waals surface area contributed by atoms with E-state index in [-0.39, 0.29) is 17.7 Å². The van der Waals surface area contributed by atoms with E-state index in [4.69, 9.17) is 5.73 Å². The zero-order valence-corrected chi connectivity index (χ0v) is 15.6. The standard InChI is InChI=1S/C19H35N3O2/c1-4-19(2,3)15-5-7-16(8-6-15)21-17(23)13-22-11-9-14(10-12-22)18(20)24/h14-16H,4-13H2,1-3H3,(H2,20,24)(H,21,23). The van der Waals surface area contributed by atoms with Crippen molar-refractivity contribution in [3.05, 3.63) is 0 Å². The lowest BCUT2D eigenvalue weighted by Gasteiger charge is -2.39. The average molecular weight is 338 g/mol. The number of carbonyl (C=O) groups is 2. The van der Waals surface area contributed by atoms with E-state index in [0.29, 0.717) is 18.0 Å². The van der Waals surface area contributed by atoms with Gasteiger partial charge in [-0.15, -0.1) is 0 Å². The summed E-state index contributed by atoms with van der Waals surface area (Å²) in [5.74, 6) is 0.696. The minimum atomic E-state index is -0.203. The highest BCUT2D eigenvalue weighted by Gasteiger charge is 2.32. The van der Waals surface area contributed by atoms with Crippen LogP contribution in [0.1, 0.15) is 65.7 Å². The Hall–Kier alpha value is -1.10. The number of likely N-dealkylation sites (tertiary alicyclic amines) is 1. The number of hydrogen-bond donors (Lipinski definition) is 2. The van der Waals surface area contributed by atoms with Gasteiger partial charge in [0.25, 0.3) is 0 Å². The summed E-state index contributed by atoms with van der Waals surface area (Å²) in [5.41, 5.74) is 5.77. The molecule has 1 saturated heterocycles. The molecule has 0 radical (unpaired) electrons. The summed E-state index contributed by atoms with van der Waals surface area (Å²) in [6, 6.07) is 0.338. The molecule has 1 aliphatic heterocycles. The largest absolute Gasteiger partial charge is 0.369 e. The molecule has 1 aliphatic carbocycles. The lowest BCUT2D eigenvalue weighted by atomic mass is 9.69. The van der Waals surface area contributed by atoms with E-state index in [9.17, 15) is 9.59 Å². The molecule has 0 aromatic heterocycles. The van der Waals surface area contributed by atoms with E-state index >= 15 is 0 Å². The molecule has 2 aliphatic rings. The number of piperidine rings is 1. The Morgan fingerprint density at radius 3 is 2.17 bits per heavy atom. The van der Waals surface area contributed by atoms with Crippen molar-refractivity contribution >= 4 is 11.8 Å². The quantitative estimate of drug-likeness (QED) is 0.781. The van der Waals surface area contributed by atoms with E-state index < -0.39 is 0 Å². The van der Waals surface area contributed by atoms with Crippen molar-refractivity contribution < 1.29 is 9.59 Å². The molecular formula is C19H35N3O2. The first-order valence-corrected chi connectivity index (χ1v) is 9.63. The summed E-state index contributed by atoms with van der Waals surface area (Å²) in [5, 5.41) is 3.22. The van der Waals surface area contributed by atoms with Crippen LogP contribution in [0.25, 0.3) is 0 Å². The summed E-state index contributed by atoms with van der Waals surface area (Å²) < 4.78 is 0. The Labute approximate surface area is 146 Å². The zero-order chi connectivity index (χ0) is 17.7. The van der Waals surface area contributed by atoms with Crippen molar-refractivity contribution in [2.24, 2.45) is 23.0 Å². The maximum atomic E-state index is 12.3. The number of nitrogens with one attached hydrogen (secondary N) is 1. The molecule has 0 unspecified atom stereocenters. The van der Waals surface area contributed by atoms with Crippen LogP contribution < -0.4 is 11.1 Å². The number of rotatable bonds is 6. The van der Waals surface area contributed by atoms with Crippen LogP contribution >= 0.6 is 0 Å². The first-order chi connectivity index (χ1) is 11.3. The monoisotopic (exact) mass is 337 g/mol. The summed E-state index contributed by atoms with van der Waals surface area (Å²) in [6.07, 6.45) is 7.41. The van der Waals surface area contributed by atoms with Gasteiger partial charge in [0, 0.05) is 12.0 Å². The van der Waals surface area contributed by atoms with Crippen LogP contribution in [0.3, 0.4) is 0 Å². The molecule has 24 heavy (non-hydrogen) atoms. The molecule has 5 heteroatoms. The van der Waals surface area contributed by atoms with E-state index in [0.717, 1.165) is 44.7 Å². The van der Waals surface area contributed by atoms with Crippen LogP contribution in [0.15, 0.2) is 0 Å². The molecule has 0 aromatic carbocycles. The van der Waals surface area contributed by atoms with Gasteiger partial charge in [-0.2, -0.15) is 0 Å². The maximum Gasteiger partial charge on any atom is 0.234 e. The van der Waals surface area contributed by atoms with Crippen LogP contribution in [0.5, 0.6) is 0 Å². The smallest absolute Gasteiger partial charge is 0.234 e. The third-order valence-electron chi connectivity index (χ3n) is 6.47. The van der Waals surface area contributed by atoms with Gasteiger partial charge in [0.1, 0.15) is 0 Å². The van der Waals surface area contributed by atoms with Gasteiger partial charge in [-0.05, 0) is 62.9 Å². The molecule has 2 fully saturated rings. The predicted molar refractivity (Wildman–Crippen MR) is 96.3 cm³/mol. The minimum Gasteiger partial charge on any atom is -0.369 e. The molecule has 0 spiro atoms. The third-order valence-corrected chi connectivity index (χ3v) is 6.47. The highest BCUT2D eigenvalue weighted by Crippen LogP contribution is 2.40. The Balaban J connectivity index is 1.68. The van der Waals surface area contributed by atoms with Crippen molar-refractivity contribution in [2.75, 3.05) is 19.6 Å². The van der Waals surface area contributed by atoms with Crippen molar-refractivity contribution in [2.45, 2.75) is 71.8 Å². The van der Waals surface area contributed by atoms with Gasteiger partial charge in [-0.3, -0.25) is 14.5 Å². The summed E-state index contributed by atoms with van der Waals surface area (Å²) in [6.45, 7) is 9.04. The zero-order valence-electron chi connectivity index (χ0n) is 15.6. The molecule has 0 atom stereocenters. The van der Waals surface area contributed by atoms with Gasteiger partial charge >= 0.3 is 0 Å². The number of primary amides is 1. The van der Waals surface area contributed by atoms with Crippen LogP contribution in [0.4, 0.5) is 0 Å². The molecule has 0 bridgehead atoms. The molecule has 5 nitrogen and oxygen atoms in total. The van der Waals surface area contributed by atoms with Crippen molar-refractivity contribution in [3.8, 4) is 0 Å². The van der Waals surface area contributed by atoms with Gasteiger partial charge in [0.15, 0.2) is 0 Å². The van der Waals surface area contributed by atoms with Gasteiger partial charge in [-0.1, -0.05) is 27.2 Å². The topological polar surface area (TPSA) is 75.4 Å². The van der Waals surface area contributed by atoms with Gasteiger partial charge in [-0.25, -0.2) is 0 Å². The van der Waals surface area contributed by atoms with Crippen LogP contribution in [-0.4, -0.2) is 42.4 Å². The van der Waals surface area contributed by atoms with Crippen LogP contribution in [0, 0.1) is 17.3 Å². The highest BCUT2D eigenvalue weighted by atomic mass is 16.2. The minimum absolute atomic E-state index is 0.0125. The Kier molecular flexibility index (Phi) is 6.67. The lowest BCUT2D eigenvalue weighted by Crippen LogP contribution is -2.47. The molecule has 2 rings (SSSR count). The Morgan fingerprint density at radius 1 is 1.08 bits per heavy atom. The lowest BCUT2D eigenvalue weighted by molar-refractivity contribution is -0.124. The second-order valence-corrected chi connectivity index (χ2v) is 8.41. The summed E-state index contributed by atoms with van der Waals surface area (Å²) in [7, 11) is 0. The highest BCUT2D eigenvalue weighted by molar-refractivity contribution is 5.78. The van der Waals surface area contributed by atoms with E-state index in [1.54, 1.807) is 0 Å². The average Bonchev–Trinajstić information content (AvgIpc) is 2.55. The second-order valence-electron chi connectivity index (χ2n) is 8.41. The molecule has 3 N–H and O–H groups in total. The molecular weight excluding hydrogens is 302 g/mol. The number of carbonyl (C=O) groups excluding carboxylic acids is 2. The van der Waals surface area contributed by atoms with Crippen LogP contribution in [-0.2, 0) is 9.59 Å². The maximum absolute atomic E-state index is 12.3. The normalized spacial score (nSPS) is 27.0. The molecule has 1 heterocycles. The fourth-order valence-electron chi connectivity index (χ4n) is 4.16. The van der Waals surface area contributed by atoms with Gasteiger partial charge < -0.3 is 11.1 Å². The number of nitrogens with zero attached hydrogens (tertiary/aromatic N) is 1. The second kappa shape index (κ2) is 8.32. The summed E-state index contributed by atoms with van der Waals surface area (Å²) in [4.78, 5) is 25.6. The molecule has 0 aromatic rings. The number of hydrogen-bond acceptors (Lipinski definition) is 3. The Morgan fingerprint density at radius 2 is 1.67 bits per heavy atom. The molecule has 1 saturated carbocycles. The molecule has 2 amide bonds. The predicted octanol–water partition coefficient (Wildman–Crippen LogP) is 2.29. The third kappa shape index (κ3) is 5.20. The Bertz CT molecular complexity index is 434. The van der Waals surface area contributed by atoms with Crippen molar-refractivity contribution in [1.82, 2.24) is 10.2 Å². The number of nitrogens with two attached hydrogens (primary N) is 1. The first-order valence-electron chi connectivity index (χ1n) is 9.63. The fourth-order valence-corrected chi connectivity index (χ4v) is 4.16. The van der Waals surface area contributed by atoms with E-state index in [1.165, 1.54) is 19.3 Å². The van der Waals surface area contributed by atoms with Crippen molar-refractivity contribution in [1.29, 1.82) is 0 Å². The van der Waals surface area contributed by atoms with Gasteiger partial charge in [0.2, 0.25) is 11.8 Å². The summed E-state index contributed by atoms with van der Waals surface area (Å²) >= 11 is 0. The first kappa shape index (κ1) is 19.2. The van der Waals surface area contributed by atoms with Crippen molar-refractivity contribution in [3.63, 3.8) is 0 Å². The molecule has 138 valence electrons. The van der Waals surface area contributed by atoms with E-state index in [1.807, 2.05) is 0 Å². The van der Waals surface area contributed by atoms with Gasteiger partial charge in [0.05, 0.1) is 6.54 Å². The fraction of sp³-hybridized carbons (Fsp3) is 0.895.